The van der Waals surface area contributed by atoms with E-state index in [4.69, 9.17) is 4.42 Å². The molecule has 0 amide bonds. The molecule has 0 radical (unpaired) electrons. The van der Waals surface area contributed by atoms with Crippen LogP contribution < -0.4 is 5.63 Å². The zero-order chi connectivity index (χ0) is 14.8. The molecule has 5 heteroatoms. The molecule has 0 aliphatic rings. The van der Waals surface area contributed by atoms with Crippen molar-refractivity contribution in [3.05, 3.63) is 64.6 Å². The summed E-state index contributed by atoms with van der Waals surface area (Å²) in [6.07, 6.45) is 1.61. The summed E-state index contributed by atoms with van der Waals surface area (Å²) in [6.45, 7) is 1.63. The highest BCUT2D eigenvalue weighted by Crippen LogP contribution is 2.26. The molecule has 0 aliphatic carbocycles. The molecule has 104 valence electrons. The number of hydrogen-bond acceptors (Lipinski definition) is 5. The molecule has 0 bridgehead atoms. The molecule has 2 heterocycles. The van der Waals surface area contributed by atoms with E-state index in [2.05, 4.69) is 9.98 Å². The van der Waals surface area contributed by atoms with Crippen LogP contribution in [0.3, 0.4) is 0 Å². The van der Waals surface area contributed by atoms with Crippen LogP contribution in [0.4, 0.5) is 5.82 Å². The number of aromatic hydroxyl groups is 1. The Balaban J connectivity index is 2.21. The smallest absolute Gasteiger partial charge is 0.349 e. The van der Waals surface area contributed by atoms with Gasteiger partial charge in [-0.2, -0.15) is 0 Å². The van der Waals surface area contributed by atoms with Gasteiger partial charge in [0.1, 0.15) is 16.9 Å². The molecule has 0 saturated heterocycles. The summed E-state index contributed by atoms with van der Waals surface area (Å²) < 4.78 is 5.22. The Hall–Kier alpha value is -2.95. The molecule has 0 fully saturated rings. The molecule has 3 rings (SSSR count). The summed E-state index contributed by atoms with van der Waals surface area (Å²) in [5.74, 6) is 0.334. The second-order valence-corrected chi connectivity index (χ2v) is 4.49. The van der Waals surface area contributed by atoms with Gasteiger partial charge in [0, 0.05) is 6.20 Å². The van der Waals surface area contributed by atoms with Gasteiger partial charge in [-0.05, 0) is 31.2 Å². The SMILES string of the molecule is C/C(=N\c1ccccn1)c1c(O)c2ccccc2oc1=O. The van der Waals surface area contributed by atoms with Crippen molar-refractivity contribution >= 4 is 22.5 Å². The topological polar surface area (TPSA) is 75.7 Å². The molecular weight excluding hydrogens is 268 g/mol. The number of nitrogens with zero attached hydrogens (tertiary/aromatic N) is 2. The van der Waals surface area contributed by atoms with Gasteiger partial charge in [-0.3, -0.25) is 0 Å². The van der Waals surface area contributed by atoms with Gasteiger partial charge in [0.05, 0.1) is 11.1 Å². The number of para-hydroxylation sites is 1. The molecular formula is C16H12N2O3. The lowest BCUT2D eigenvalue weighted by atomic mass is 10.1. The Morgan fingerprint density at radius 2 is 1.95 bits per heavy atom. The lowest BCUT2D eigenvalue weighted by Crippen LogP contribution is -2.12. The van der Waals surface area contributed by atoms with Crippen LogP contribution in [0, 0.1) is 0 Å². The monoisotopic (exact) mass is 280 g/mol. The van der Waals surface area contributed by atoms with E-state index in [0.717, 1.165) is 0 Å². The Morgan fingerprint density at radius 1 is 1.19 bits per heavy atom. The van der Waals surface area contributed by atoms with Crippen LogP contribution in [0.5, 0.6) is 5.75 Å². The van der Waals surface area contributed by atoms with E-state index in [0.29, 0.717) is 22.5 Å². The average Bonchev–Trinajstić information content (AvgIpc) is 2.48. The van der Waals surface area contributed by atoms with Crippen molar-refractivity contribution in [3.63, 3.8) is 0 Å². The van der Waals surface area contributed by atoms with Crippen LogP contribution in [0.15, 0.2) is 62.9 Å². The Morgan fingerprint density at radius 3 is 2.71 bits per heavy atom. The zero-order valence-corrected chi connectivity index (χ0v) is 11.3. The van der Waals surface area contributed by atoms with Crippen molar-refractivity contribution in [2.24, 2.45) is 4.99 Å². The summed E-state index contributed by atoms with van der Waals surface area (Å²) in [7, 11) is 0. The molecule has 5 nitrogen and oxygen atoms in total. The maximum Gasteiger partial charge on any atom is 0.349 e. The van der Waals surface area contributed by atoms with Gasteiger partial charge in [-0.15, -0.1) is 0 Å². The fourth-order valence-electron chi connectivity index (χ4n) is 2.10. The fraction of sp³-hybridized carbons (Fsp3) is 0.0625. The Kier molecular flexibility index (Phi) is 3.23. The van der Waals surface area contributed by atoms with Crippen LogP contribution in [0.25, 0.3) is 11.0 Å². The average molecular weight is 280 g/mol. The van der Waals surface area contributed by atoms with Gasteiger partial charge in [0.15, 0.2) is 5.82 Å². The van der Waals surface area contributed by atoms with E-state index in [1.165, 1.54) is 0 Å². The van der Waals surface area contributed by atoms with Gasteiger partial charge in [0.25, 0.3) is 0 Å². The molecule has 1 N–H and O–H groups in total. The minimum atomic E-state index is -0.622. The molecule has 0 aliphatic heterocycles. The minimum absolute atomic E-state index is 0.0550. The number of hydrogen-bond donors (Lipinski definition) is 1. The molecule has 0 spiro atoms. The molecule has 3 aromatic rings. The van der Waals surface area contributed by atoms with Crippen LogP contribution >= 0.6 is 0 Å². The van der Waals surface area contributed by atoms with Gasteiger partial charge in [-0.25, -0.2) is 14.8 Å². The van der Waals surface area contributed by atoms with E-state index in [-0.39, 0.29) is 11.3 Å². The Bertz CT molecular complexity index is 883. The molecule has 21 heavy (non-hydrogen) atoms. The minimum Gasteiger partial charge on any atom is -0.506 e. The number of benzene rings is 1. The highest BCUT2D eigenvalue weighted by molar-refractivity contribution is 6.05. The third kappa shape index (κ3) is 2.41. The lowest BCUT2D eigenvalue weighted by Gasteiger charge is -2.05. The summed E-state index contributed by atoms with van der Waals surface area (Å²) in [5.41, 5.74) is 0.128. The van der Waals surface area contributed by atoms with Gasteiger partial charge >= 0.3 is 5.63 Å². The van der Waals surface area contributed by atoms with E-state index in [1.807, 2.05) is 0 Å². The first kappa shape index (κ1) is 13.1. The largest absolute Gasteiger partial charge is 0.506 e. The first-order chi connectivity index (χ1) is 10.2. The third-order valence-electron chi connectivity index (χ3n) is 3.08. The van der Waals surface area contributed by atoms with Gasteiger partial charge in [0.2, 0.25) is 0 Å². The van der Waals surface area contributed by atoms with Crippen molar-refractivity contribution in [3.8, 4) is 5.75 Å². The van der Waals surface area contributed by atoms with Gasteiger partial charge < -0.3 is 9.52 Å². The second kappa shape index (κ2) is 5.20. The molecule has 2 aromatic heterocycles. The van der Waals surface area contributed by atoms with Crippen LogP contribution in [0.1, 0.15) is 12.5 Å². The van der Waals surface area contributed by atoms with Gasteiger partial charge in [-0.1, -0.05) is 18.2 Å². The third-order valence-corrected chi connectivity index (χ3v) is 3.08. The maximum atomic E-state index is 12.1. The van der Waals surface area contributed by atoms with E-state index in [1.54, 1.807) is 55.6 Å². The Labute approximate surface area is 120 Å². The number of aliphatic imine (C=N–C) groups is 1. The van der Waals surface area contributed by atoms with E-state index >= 15 is 0 Å². The molecule has 0 atom stereocenters. The van der Waals surface area contributed by atoms with E-state index < -0.39 is 5.63 Å². The van der Waals surface area contributed by atoms with Crippen LogP contribution in [-0.4, -0.2) is 15.8 Å². The zero-order valence-electron chi connectivity index (χ0n) is 11.3. The highest BCUT2D eigenvalue weighted by atomic mass is 16.4. The summed E-state index contributed by atoms with van der Waals surface area (Å²) in [4.78, 5) is 20.4. The first-order valence-electron chi connectivity index (χ1n) is 6.38. The van der Waals surface area contributed by atoms with Crippen molar-refractivity contribution in [2.75, 3.05) is 0 Å². The summed E-state index contributed by atoms with van der Waals surface area (Å²) in [6, 6.07) is 12.1. The predicted octanol–water partition coefficient (Wildman–Crippen LogP) is 3.03. The predicted molar refractivity (Wildman–Crippen MR) is 80.3 cm³/mol. The molecule has 1 aromatic carbocycles. The second-order valence-electron chi connectivity index (χ2n) is 4.49. The van der Waals surface area contributed by atoms with Crippen LogP contribution in [0.2, 0.25) is 0 Å². The number of pyridine rings is 1. The van der Waals surface area contributed by atoms with Crippen molar-refractivity contribution in [2.45, 2.75) is 6.92 Å². The number of rotatable bonds is 2. The standard InChI is InChI=1S/C16H12N2O3/c1-10(18-13-8-4-5-9-17-13)14-15(19)11-6-2-3-7-12(11)21-16(14)20/h2-9,19H,1H3/b18-10+. The summed E-state index contributed by atoms with van der Waals surface area (Å²) >= 11 is 0. The number of fused-ring (bicyclic) bond motifs is 1. The lowest BCUT2D eigenvalue weighted by molar-refractivity contribution is 0.466. The fourth-order valence-corrected chi connectivity index (χ4v) is 2.10. The molecule has 0 saturated carbocycles. The van der Waals surface area contributed by atoms with Crippen molar-refractivity contribution < 1.29 is 9.52 Å². The maximum absolute atomic E-state index is 12.1. The normalized spacial score (nSPS) is 11.8. The van der Waals surface area contributed by atoms with Crippen molar-refractivity contribution in [1.29, 1.82) is 0 Å². The van der Waals surface area contributed by atoms with Crippen LogP contribution in [-0.2, 0) is 0 Å². The van der Waals surface area contributed by atoms with E-state index in [9.17, 15) is 9.90 Å². The quantitative estimate of drug-likeness (QED) is 0.578. The first-order valence-corrected chi connectivity index (χ1v) is 6.38. The molecule has 0 unspecified atom stereocenters. The summed E-state index contributed by atoms with van der Waals surface area (Å²) in [5, 5.41) is 10.8. The van der Waals surface area contributed by atoms with Crippen molar-refractivity contribution in [1.82, 2.24) is 4.98 Å². The number of aromatic nitrogens is 1. The highest BCUT2D eigenvalue weighted by Gasteiger charge is 2.16.